The Morgan fingerprint density at radius 2 is 2.10 bits per heavy atom. The summed E-state index contributed by atoms with van der Waals surface area (Å²) in [4.78, 5) is 11.8. The highest BCUT2D eigenvalue weighted by Crippen LogP contribution is 2.41. The summed E-state index contributed by atoms with van der Waals surface area (Å²) in [7, 11) is 1.72. The molecule has 1 saturated carbocycles. The van der Waals surface area contributed by atoms with E-state index in [0.29, 0.717) is 11.7 Å². The van der Waals surface area contributed by atoms with Gasteiger partial charge in [0.25, 0.3) is 0 Å². The minimum Gasteiger partial charge on any atom is -0.370 e. The predicted octanol–water partition coefficient (Wildman–Crippen LogP) is 2.53. The summed E-state index contributed by atoms with van der Waals surface area (Å²) >= 11 is 0. The Balaban J connectivity index is 1.94. The van der Waals surface area contributed by atoms with E-state index < -0.39 is 5.41 Å². The first-order valence-corrected chi connectivity index (χ1v) is 6.97. The average molecular weight is 276 g/mol. The van der Waals surface area contributed by atoms with Gasteiger partial charge in [0, 0.05) is 19.0 Å². The van der Waals surface area contributed by atoms with Crippen molar-refractivity contribution in [3.05, 3.63) is 29.9 Å². The first kappa shape index (κ1) is 13.3. The van der Waals surface area contributed by atoms with Gasteiger partial charge in [0.05, 0.1) is 11.7 Å². The van der Waals surface area contributed by atoms with Crippen LogP contribution in [0, 0.1) is 0 Å². The summed E-state index contributed by atoms with van der Waals surface area (Å²) in [6.45, 7) is 4.07. The number of methoxy groups -OCH3 is 1. The maximum absolute atomic E-state index is 5.70. The van der Waals surface area contributed by atoms with Crippen molar-refractivity contribution in [3.8, 4) is 0 Å². The van der Waals surface area contributed by atoms with Gasteiger partial charge >= 0.3 is 0 Å². The smallest absolute Gasteiger partial charge is 0.238 e. The average Bonchev–Trinajstić information content (AvgIpc) is 3.18. The lowest BCUT2D eigenvalue weighted by molar-refractivity contribution is -0.0178. The SMILES string of the molecule is COC1(c2noc(C(C)(C)c3cnc[nH]3)n2)CCCC1. The maximum atomic E-state index is 5.70. The van der Waals surface area contributed by atoms with Crippen molar-refractivity contribution >= 4 is 0 Å². The third kappa shape index (κ3) is 1.95. The summed E-state index contributed by atoms with van der Waals surface area (Å²) < 4.78 is 11.2. The second-order valence-electron chi connectivity index (χ2n) is 5.92. The molecule has 0 aromatic carbocycles. The summed E-state index contributed by atoms with van der Waals surface area (Å²) in [6, 6.07) is 0. The van der Waals surface area contributed by atoms with Crippen LogP contribution in [-0.2, 0) is 15.8 Å². The number of rotatable bonds is 4. The van der Waals surface area contributed by atoms with Crippen LogP contribution < -0.4 is 0 Å². The number of H-pyrrole nitrogens is 1. The molecule has 1 fully saturated rings. The molecule has 0 unspecified atom stereocenters. The number of imidazole rings is 1. The first-order valence-electron chi connectivity index (χ1n) is 6.97. The predicted molar refractivity (Wildman–Crippen MR) is 72.2 cm³/mol. The van der Waals surface area contributed by atoms with Gasteiger partial charge in [-0.25, -0.2) is 4.98 Å². The Morgan fingerprint density at radius 1 is 1.35 bits per heavy atom. The number of hydrogen-bond donors (Lipinski definition) is 1. The molecule has 3 rings (SSSR count). The van der Waals surface area contributed by atoms with Gasteiger partial charge in [-0.05, 0) is 39.5 Å². The molecular weight excluding hydrogens is 256 g/mol. The molecule has 20 heavy (non-hydrogen) atoms. The fourth-order valence-electron chi connectivity index (χ4n) is 2.84. The number of ether oxygens (including phenoxy) is 1. The molecule has 0 saturated heterocycles. The van der Waals surface area contributed by atoms with Crippen molar-refractivity contribution in [2.24, 2.45) is 0 Å². The Kier molecular flexibility index (Phi) is 3.12. The van der Waals surface area contributed by atoms with E-state index in [1.54, 1.807) is 19.6 Å². The third-order valence-corrected chi connectivity index (χ3v) is 4.34. The van der Waals surface area contributed by atoms with Crippen LogP contribution in [0.1, 0.15) is 56.9 Å². The van der Waals surface area contributed by atoms with Gasteiger partial charge in [-0.2, -0.15) is 4.98 Å². The lowest BCUT2D eigenvalue weighted by Gasteiger charge is -2.23. The summed E-state index contributed by atoms with van der Waals surface area (Å²) in [5, 5.41) is 4.17. The fourth-order valence-corrected chi connectivity index (χ4v) is 2.84. The molecule has 0 atom stereocenters. The van der Waals surface area contributed by atoms with Crippen molar-refractivity contribution in [1.82, 2.24) is 20.1 Å². The molecule has 0 bridgehead atoms. The first-order chi connectivity index (χ1) is 9.58. The molecule has 6 nitrogen and oxygen atoms in total. The van der Waals surface area contributed by atoms with Crippen LogP contribution in [0.5, 0.6) is 0 Å². The standard InChI is InChI=1S/C14H20N4O2/c1-13(2,10-8-15-9-16-10)12-17-11(18-20-12)14(19-3)6-4-5-7-14/h8-9H,4-7H2,1-3H3,(H,15,16). The highest BCUT2D eigenvalue weighted by molar-refractivity contribution is 5.21. The summed E-state index contributed by atoms with van der Waals surface area (Å²) in [5.74, 6) is 1.25. The molecule has 1 N–H and O–H groups in total. The minimum atomic E-state index is -0.394. The number of hydrogen-bond acceptors (Lipinski definition) is 5. The van der Waals surface area contributed by atoms with Crippen molar-refractivity contribution in [2.45, 2.75) is 50.5 Å². The monoisotopic (exact) mass is 276 g/mol. The van der Waals surface area contributed by atoms with Crippen molar-refractivity contribution < 1.29 is 9.26 Å². The van der Waals surface area contributed by atoms with E-state index >= 15 is 0 Å². The van der Waals surface area contributed by atoms with Crippen LogP contribution in [0.2, 0.25) is 0 Å². The van der Waals surface area contributed by atoms with Crippen molar-refractivity contribution in [2.75, 3.05) is 7.11 Å². The van der Waals surface area contributed by atoms with E-state index in [9.17, 15) is 0 Å². The van der Waals surface area contributed by atoms with E-state index in [4.69, 9.17) is 9.26 Å². The Bertz CT molecular complexity index is 568. The zero-order valence-electron chi connectivity index (χ0n) is 12.1. The summed E-state index contributed by atoms with van der Waals surface area (Å²) in [5.41, 5.74) is 0.187. The summed E-state index contributed by atoms with van der Waals surface area (Å²) in [6.07, 6.45) is 7.62. The van der Waals surface area contributed by atoms with Gasteiger partial charge < -0.3 is 14.2 Å². The highest BCUT2D eigenvalue weighted by Gasteiger charge is 2.42. The molecule has 2 aromatic heterocycles. The molecule has 0 amide bonds. The molecule has 0 spiro atoms. The molecule has 2 aromatic rings. The number of nitrogens with zero attached hydrogens (tertiary/aromatic N) is 3. The van der Waals surface area contributed by atoms with Crippen LogP contribution in [0.25, 0.3) is 0 Å². The van der Waals surface area contributed by atoms with Crippen LogP contribution in [0.4, 0.5) is 0 Å². The van der Waals surface area contributed by atoms with Gasteiger partial charge in [0.1, 0.15) is 5.60 Å². The van der Waals surface area contributed by atoms with Gasteiger partial charge in [-0.1, -0.05) is 5.16 Å². The zero-order chi connectivity index (χ0) is 14.2. The van der Waals surface area contributed by atoms with Gasteiger partial charge in [-0.15, -0.1) is 0 Å². The van der Waals surface area contributed by atoms with Crippen molar-refractivity contribution in [1.29, 1.82) is 0 Å². The normalized spacial score (nSPS) is 18.6. The fraction of sp³-hybridized carbons (Fsp3) is 0.643. The Hall–Kier alpha value is -1.69. The Labute approximate surface area is 117 Å². The van der Waals surface area contributed by atoms with Crippen molar-refractivity contribution in [3.63, 3.8) is 0 Å². The Morgan fingerprint density at radius 3 is 2.70 bits per heavy atom. The van der Waals surface area contributed by atoms with E-state index in [-0.39, 0.29) is 5.60 Å². The topological polar surface area (TPSA) is 76.8 Å². The maximum Gasteiger partial charge on any atom is 0.238 e. The molecule has 6 heteroatoms. The third-order valence-electron chi connectivity index (χ3n) is 4.34. The molecule has 0 aliphatic heterocycles. The van der Waals surface area contributed by atoms with Gasteiger partial charge in [-0.3, -0.25) is 0 Å². The zero-order valence-corrected chi connectivity index (χ0v) is 12.1. The van der Waals surface area contributed by atoms with Gasteiger partial charge in [0.2, 0.25) is 11.7 Å². The van der Waals surface area contributed by atoms with Crippen LogP contribution in [0.15, 0.2) is 17.0 Å². The number of aromatic amines is 1. The molecule has 1 aliphatic rings. The second kappa shape index (κ2) is 4.70. The van der Waals surface area contributed by atoms with E-state index in [0.717, 1.165) is 31.4 Å². The lowest BCUT2D eigenvalue weighted by Crippen LogP contribution is -2.27. The minimum absolute atomic E-state index is 0.369. The van der Waals surface area contributed by atoms with E-state index in [1.165, 1.54) is 0 Å². The number of nitrogens with one attached hydrogen (secondary N) is 1. The lowest BCUT2D eigenvalue weighted by atomic mass is 9.89. The van der Waals surface area contributed by atoms with E-state index in [2.05, 4.69) is 20.1 Å². The molecule has 1 aliphatic carbocycles. The second-order valence-corrected chi connectivity index (χ2v) is 5.92. The largest absolute Gasteiger partial charge is 0.370 e. The van der Waals surface area contributed by atoms with Crippen LogP contribution in [0.3, 0.4) is 0 Å². The quantitative estimate of drug-likeness (QED) is 0.928. The molecular formula is C14H20N4O2. The number of aromatic nitrogens is 4. The van der Waals surface area contributed by atoms with Crippen LogP contribution >= 0.6 is 0 Å². The molecule has 0 radical (unpaired) electrons. The molecule has 2 heterocycles. The highest BCUT2D eigenvalue weighted by atomic mass is 16.5. The molecule has 108 valence electrons. The van der Waals surface area contributed by atoms with Gasteiger partial charge in [0.15, 0.2) is 0 Å². The van der Waals surface area contributed by atoms with Crippen LogP contribution in [-0.4, -0.2) is 27.2 Å². The van der Waals surface area contributed by atoms with E-state index in [1.807, 2.05) is 13.8 Å².